The maximum Gasteiger partial charge on any atom is 0.266 e. The molecule has 32 heavy (non-hydrogen) atoms. The van der Waals surface area contributed by atoms with E-state index in [0.717, 1.165) is 11.3 Å². The summed E-state index contributed by atoms with van der Waals surface area (Å²) >= 11 is 7.54. The van der Waals surface area contributed by atoms with Crippen LogP contribution in [0.1, 0.15) is 23.6 Å². The third-order valence-electron chi connectivity index (χ3n) is 4.76. The molecule has 0 aliphatic carbocycles. The van der Waals surface area contributed by atoms with Gasteiger partial charge in [-0.05, 0) is 49.7 Å². The van der Waals surface area contributed by atoms with Crippen LogP contribution in [0.3, 0.4) is 0 Å². The molecule has 4 rings (SSSR count). The summed E-state index contributed by atoms with van der Waals surface area (Å²) in [4.78, 5) is 33.0. The van der Waals surface area contributed by atoms with Crippen LogP contribution in [0.2, 0.25) is 5.02 Å². The molecule has 0 bridgehead atoms. The number of aromatic nitrogens is 5. The van der Waals surface area contributed by atoms with Crippen LogP contribution in [0.15, 0.2) is 52.4 Å². The van der Waals surface area contributed by atoms with Crippen molar-refractivity contribution in [3.8, 4) is 5.69 Å². The summed E-state index contributed by atoms with van der Waals surface area (Å²) in [6, 6.07) is 12.8. The average molecular weight is 468 g/mol. The highest BCUT2D eigenvalue weighted by molar-refractivity contribution is 7.99. The topological polar surface area (TPSA) is 103 Å². The van der Waals surface area contributed by atoms with Crippen molar-refractivity contribution in [1.82, 2.24) is 24.5 Å². The lowest BCUT2D eigenvalue weighted by molar-refractivity contribution is 0.805. The molecule has 2 N–H and O–H groups in total. The van der Waals surface area contributed by atoms with Crippen LogP contribution >= 0.6 is 23.4 Å². The average Bonchev–Trinajstić information content (AvgIpc) is 2.73. The molecule has 0 aliphatic rings. The lowest BCUT2D eigenvalue weighted by atomic mass is 10.2. The van der Waals surface area contributed by atoms with Gasteiger partial charge >= 0.3 is 0 Å². The number of benzene rings is 2. The van der Waals surface area contributed by atoms with E-state index in [9.17, 15) is 4.79 Å². The zero-order chi connectivity index (χ0) is 23.0. The maximum atomic E-state index is 13.5. The Morgan fingerprint density at radius 3 is 2.59 bits per heavy atom. The van der Waals surface area contributed by atoms with Gasteiger partial charge in [-0.3, -0.25) is 9.36 Å². The first-order valence-corrected chi connectivity index (χ1v) is 11.1. The van der Waals surface area contributed by atoms with Gasteiger partial charge < -0.3 is 10.6 Å². The first-order chi connectivity index (χ1) is 15.2. The number of halogens is 1. The van der Waals surface area contributed by atoms with Gasteiger partial charge in [0, 0.05) is 19.1 Å². The Morgan fingerprint density at radius 1 is 1.09 bits per heavy atom. The van der Waals surface area contributed by atoms with Gasteiger partial charge in [0.1, 0.15) is 5.82 Å². The van der Waals surface area contributed by atoms with E-state index in [2.05, 4.69) is 15.0 Å². The molecular weight excluding hydrogens is 446 g/mol. The van der Waals surface area contributed by atoms with Crippen LogP contribution in [0, 0.1) is 6.92 Å². The summed E-state index contributed by atoms with van der Waals surface area (Å²) in [5.74, 6) is 1.11. The molecule has 0 radical (unpaired) electrons. The fourth-order valence-electron chi connectivity index (χ4n) is 3.20. The van der Waals surface area contributed by atoms with Gasteiger partial charge in [0.15, 0.2) is 5.16 Å². The van der Waals surface area contributed by atoms with E-state index in [0.29, 0.717) is 32.9 Å². The van der Waals surface area contributed by atoms with E-state index in [1.807, 2.05) is 52.2 Å². The fourth-order valence-corrected chi connectivity index (χ4v) is 4.34. The first-order valence-electron chi connectivity index (χ1n) is 9.87. The molecule has 10 heteroatoms. The Hall–Kier alpha value is -3.17. The van der Waals surface area contributed by atoms with Gasteiger partial charge in [0.05, 0.1) is 21.8 Å². The third kappa shape index (κ3) is 4.39. The molecule has 2 heterocycles. The molecule has 2 aromatic carbocycles. The second-order valence-corrected chi connectivity index (χ2v) is 9.29. The molecule has 8 nitrogen and oxygen atoms in total. The molecule has 0 fully saturated rings. The van der Waals surface area contributed by atoms with Crippen molar-refractivity contribution in [2.75, 3.05) is 24.7 Å². The van der Waals surface area contributed by atoms with Gasteiger partial charge in [-0.25, -0.2) is 4.98 Å². The Kier molecular flexibility index (Phi) is 6.03. The van der Waals surface area contributed by atoms with Gasteiger partial charge in [-0.1, -0.05) is 35.5 Å². The number of aryl methyl sites for hydroxylation is 1. The molecule has 2 aromatic heterocycles. The number of hydrogen-bond acceptors (Lipinski definition) is 8. The molecule has 1 unspecified atom stereocenters. The summed E-state index contributed by atoms with van der Waals surface area (Å²) in [6.45, 7) is 3.92. The number of nitrogens with two attached hydrogens (primary N) is 1. The molecule has 0 saturated carbocycles. The predicted molar refractivity (Wildman–Crippen MR) is 130 cm³/mol. The van der Waals surface area contributed by atoms with E-state index in [-0.39, 0.29) is 16.8 Å². The Labute approximate surface area is 194 Å². The second-order valence-electron chi connectivity index (χ2n) is 7.54. The number of fused-ring (bicyclic) bond motifs is 1. The monoisotopic (exact) mass is 467 g/mol. The van der Waals surface area contributed by atoms with E-state index >= 15 is 0 Å². The van der Waals surface area contributed by atoms with Gasteiger partial charge in [-0.15, -0.1) is 0 Å². The van der Waals surface area contributed by atoms with Crippen molar-refractivity contribution in [2.45, 2.75) is 24.3 Å². The van der Waals surface area contributed by atoms with Crippen LogP contribution < -0.4 is 16.2 Å². The minimum atomic E-state index is -0.251. The molecule has 0 saturated heterocycles. The molecular formula is C22H22ClN7OS. The largest absolute Gasteiger partial charge is 0.368 e. The standard InChI is InChI=1S/C22H22ClN7OS/c1-12-6-5-7-15(10-12)30-19(31)16-9-8-14(23)11-17(16)25-22(30)32-13(2)18-26-20(24)28-21(27-18)29(3)4/h5-11,13H,1-4H3,(H2,24,26,27,28). The van der Waals surface area contributed by atoms with Crippen molar-refractivity contribution in [3.05, 3.63) is 69.2 Å². The fraction of sp³-hybridized carbons (Fsp3) is 0.227. The van der Waals surface area contributed by atoms with Crippen LogP contribution in [0.5, 0.6) is 0 Å². The summed E-state index contributed by atoms with van der Waals surface area (Å²) in [5, 5.41) is 1.27. The summed E-state index contributed by atoms with van der Waals surface area (Å²) in [5.41, 5.74) is 8.03. The van der Waals surface area contributed by atoms with Crippen molar-refractivity contribution in [1.29, 1.82) is 0 Å². The Morgan fingerprint density at radius 2 is 1.88 bits per heavy atom. The van der Waals surface area contributed by atoms with Gasteiger partial charge in [0.2, 0.25) is 11.9 Å². The molecule has 1 atom stereocenters. The van der Waals surface area contributed by atoms with Crippen LogP contribution in [-0.2, 0) is 0 Å². The molecule has 0 amide bonds. The van der Waals surface area contributed by atoms with E-state index in [1.54, 1.807) is 27.7 Å². The number of hydrogen-bond donors (Lipinski definition) is 1. The minimum absolute atomic E-state index is 0.139. The highest BCUT2D eigenvalue weighted by Gasteiger charge is 2.20. The number of rotatable bonds is 5. The number of nitrogens with zero attached hydrogens (tertiary/aromatic N) is 6. The normalized spacial score (nSPS) is 12.2. The maximum absolute atomic E-state index is 13.5. The summed E-state index contributed by atoms with van der Waals surface area (Å²) in [7, 11) is 3.67. The molecule has 0 aliphatic heterocycles. The molecule has 4 aromatic rings. The zero-order valence-electron chi connectivity index (χ0n) is 18.1. The predicted octanol–water partition coefficient (Wildman–Crippen LogP) is 4.03. The molecule has 0 spiro atoms. The van der Waals surface area contributed by atoms with Crippen LogP contribution in [-0.4, -0.2) is 38.6 Å². The zero-order valence-corrected chi connectivity index (χ0v) is 19.6. The minimum Gasteiger partial charge on any atom is -0.368 e. The van der Waals surface area contributed by atoms with E-state index in [4.69, 9.17) is 22.3 Å². The Bertz CT molecular complexity index is 1370. The summed E-state index contributed by atoms with van der Waals surface area (Å²) < 4.78 is 1.61. The highest BCUT2D eigenvalue weighted by Crippen LogP contribution is 2.34. The Balaban J connectivity index is 1.87. The molecule has 164 valence electrons. The number of thioether (sulfide) groups is 1. The lowest BCUT2D eigenvalue weighted by Gasteiger charge is -2.17. The van der Waals surface area contributed by atoms with Crippen molar-refractivity contribution >= 4 is 46.2 Å². The van der Waals surface area contributed by atoms with Crippen LogP contribution in [0.25, 0.3) is 16.6 Å². The quantitative estimate of drug-likeness (QED) is 0.346. The SMILES string of the molecule is Cc1cccc(-n2c(SC(C)c3nc(N)nc(N(C)C)n3)nc3cc(Cl)ccc3c2=O)c1. The first kappa shape index (κ1) is 22.0. The van der Waals surface area contributed by atoms with Crippen molar-refractivity contribution in [2.24, 2.45) is 0 Å². The number of nitrogen functional groups attached to an aromatic ring is 1. The van der Waals surface area contributed by atoms with Crippen LogP contribution in [0.4, 0.5) is 11.9 Å². The van der Waals surface area contributed by atoms with Gasteiger partial charge in [0.25, 0.3) is 5.56 Å². The smallest absolute Gasteiger partial charge is 0.266 e. The van der Waals surface area contributed by atoms with Crippen molar-refractivity contribution < 1.29 is 0 Å². The second kappa shape index (κ2) is 8.76. The number of anilines is 2. The van der Waals surface area contributed by atoms with Crippen molar-refractivity contribution in [3.63, 3.8) is 0 Å². The summed E-state index contributed by atoms with van der Waals surface area (Å²) in [6.07, 6.45) is 0. The van der Waals surface area contributed by atoms with Gasteiger partial charge in [-0.2, -0.15) is 15.0 Å². The highest BCUT2D eigenvalue weighted by atomic mass is 35.5. The third-order valence-corrected chi connectivity index (χ3v) is 6.05. The van der Waals surface area contributed by atoms with E-state index < -0.39 is 0 Å². The van der Waals surface area contributed by atoms with E-state index in [1.165, 1.54) is 11.8 Å². The lowest BCUT2D eigenvalue weighted by Crippen LogP contribution is -2.22.